The lowest BCUT2D eigenvalue weighted by molar-refractivity contribution is -0.384. The number of rotatable bonds is 6. The average molecular weight is 337 g/mol. The fraction of sp³-hybridized carbons (Fsp3) is 0.588. The number of carbonyl (C=O) groups is 1. The summed E-state index contributed by atoms with van der Waals surface area (Å²) in [6.45, 7) is 11.5. The lowest BCUT2D eigenvalue weighted by Crippen LogP contribution is -2.41. The zero-order valence-electron chi connectivity index (χ0n) is 15.2. The van der Waals surface area contributed by atoms with Crippen LogP contribution in [0.1, 0.15) is 46.6 Å². The molecular weight excluding hydrogens is 310 g/mol. The first kappa shape index (κ1) is 19.7. The molecule has 134 valence electrons. The van der Waals surface area contributed by atoms with E-state index in [9.17, 15) is 14.9 Å². The van der Waals surface area contributed by atoms with E-state index in [1.807, 2.05) is 41.5 Å². The molecule has 1 rings (SSSR count). The van der Waals surface area contributed by atoms with Gasteiger partial charge in [-0.3, -0.25) is 10.1 Å². The normalized spacial score (nSPS) is 11.8. The number of benzene rings is 1. The van der Waals surface area contributed by atoms with Gasteiger partial charge in [0.15, 0.2) is 0 Å². The van der Waals surface area contributed by atoms with E-state index in [-0.39, 0.29) is 17.8 Å². The molecule has 0 aliphatic heterocycles. The van der Waals surface area contributed by atoms with Gasteiger partial charge in [-0.2, -0.15) is 0 Å². The molecule has 1 aromatic carbocycles. The minimum absolute atomic E-state index is 0.0278. The Morgan fingerprint density at radius 2 is 1.88 bits per heavy atom. The van der Waals surface area contributed by atoms with Crippen LogP contribution in [-0.2, 0) is 4.74 Å². The van der Waals surface area contributed by atoms with E-state index in [1.54, 1.807) is 12.1 Å². The van der Waals surface area contributed by atoms with E-state index >= 15 is 0 Å². The number of nitro groups is 1. The molecule has 0 aliphatic carbocycles. The van der Waals surface area contributed by atoms with Gasteiger partial charge in [0.05, 0.1) is 11.5 Å². The second-order valence-corrected chi connectivity index (χ2v) is 7.55. The number of aryl methyl sites for hydroxylation is 1. The Hall–Kier alpha value is -2.31. The predicted octanol–water partition coefficient (Wildman–Crippen LogP) is 4.01. The molecule has 1 amide bonds. The van der Waals surface area contributed by atoms with Gasteiger partial charge in [0.1, 0.15) is 5.69 Å². The molecule has 0 fully saturated rings. The summed E-state index contributed by atoms with van der Waals surface area (Å²) in [4.78, 5) is 22.4. The van der Waals surface area contributed by atoms with Gasteiger partial charge >= 0.3 is 6.09 Å². The van der Waals surface area contributed by atoms with Crippen molar-refractivity contribution in [2.45, 2.75) is 59.0 Å². The Labute approximate surface area is 142 Å². The number of carbonyl (C=O) groups excluding carboxylic acids is 1. The van der Waals surface area contributed by atoms with Crippen molar-refractivity contribution in [3.63, 3.8) is 0 Å². The number of alkyl carbamates (subject to hydrolysis) is 1. The van der Waals surface area contributed by atoms with E-state index in [4.69, 9.17) is 4.74 Å². The van der Waals surface area contributed by atoms with E-state index in [0.29, 0.717) is 12.1 Å². The minimum atomic E-state index is -0.472. The van der Waals surface area contributed by atoms with Crippen molar-refractivity contribution in [2.75, 3.05) is 11.9 Å². The molecule has 7 heteroatoms. The Kier molecular flexibility index (Phi) is 6.17. The molecule has 0 aliphatic rings. The third kappa shape index (κ3) is 6.85. The van der Waals surface area contributed by atoms with E-state index in [1.165, 1.54) is 6.07 Å². The second-order valence-electron chi connectivity index (χ2n) is 7.55. The number of hydrogen-bond acceptors (Lipinski definition) is 5. The van der Waals surface area contributed by atoms with Crippen LogP contribution < -0.4 is 10.6 Å². The summed E-state index contributed by atoms with van der Waals surface area (Å²) >= 11 is 0. The van der Waals surface area contributed by atoms with Gasteiger partial charge in [-0.05, 0) is 53.2 Å². The molecule has 7 nitrogen and oxygen atoms in total. The summed E-state index contributed by atoms with van der Waals surface area (Å²) in [5.41, 5.74) is 0.594. The molecule has 1 aromatic rings. The molecule has 0 unspecified atom stereocenters. The van der Waals surface area contributed by atoms with Crippen LogP contribution in [0.25, 0.3) is 0 Å². The maximum Gasteiger partial charge on any atom is 0.407 e. The lowest BCUT2D eigenvalue weighted by Gasteiger charge is -2.28. The van der Waals surface area contributed by atoms with Crippen LogP contribution in [0.5, 0.6) is 0 Å². The fourth-order valence-electron chi connectivity index (χ4n) is 2.08. The molecule has 0 radical (unpaired) electrons. The second kappa shape index (κ2) is 7.51. The van der Waals surface area contributed by atoms with Crippen LogP contribution in [0.4, 0.5) is 16.2 Å². The van der Waals surface area contributed by atoms with Crippen molar-refractivity contribution in [3.8, 4) is 0 Å². The predicted molar refractivity (Wildman–Crippen MR) is 94.4 cm³/mol. The van der Waals surface area contributed by atoms with Crippen molar-refractivity contribution in [2.24, 2.45) is 0 Å². The highest BCUT2D eigenvalue weighted by molar-refractivity contribution is 5.68. The number of hydrogen-bond donors (Lipinski definition) is 2. The third-order valence-corrected chi connectivity index (χ3v) is 3.26. The maximum atomic E-state index is 11.6. The minimum Gasteiger partial charge on any atom is -0.449 e. The third-order valence-electron chi connectivity index (χ3n) is 3.26. The zero-order valence-corrected chi connectivity index (χ0v) is 15.2. The summed E-state index contributed by atoms with van der Waals surface area (Å²) in [6.07, 6.45) is 0.0372. The van der Waals surface area contributed by atoms with Crippen LogP contribution >= 0.6 is 0 Å². The molecule has 0 aromatic heterocycles. The van der Waals surface area contributed by atoms with E-state index < -0.39 is 16.6 Å². The quantitative estimate of drug-likeness (QED) is 0.604. The smallest absolute Gasteiger partial charge is 0.407 e. The van der Waals surface area contributed by atoms with Crippen LogP contribution in [0.2, 0.25) is 0 Å². The topological polar surface area (TPSA) is 93.5 Å². The van der Waals surface area contributed by atoms with E-state index in [2.05, 4.69) is 10.6 Å². The number of nitrogens with zero attached hydrogens (tertiary/aromatic N) is 1. The Morgan fingerprint density at radius 3 is 2.42 bits per heavy atom. The van der Waals surface area contributed by atoms with Crippen LogP contribution in [-0.4, -0.2) is 28.7 Å². The Balaban J connectivity index is 2.66. The van der Waals surface area contributed by atoms with Crippen LogP contribution in [0.3, 0.4) is 0 Å². The maximum absolute atomic E-state index is 11.6. The van der Waals surface area contributed by atoms with Crippen molar-refractivity contribution >= 4 is 17.5 Å². The summed E-state index contributed by atoms with van der Waals surface area (Å²) in [5, 5.41) is 17.0. The van der Waals surface area contributed by atoms with Gasteiger partial charge in [-0.25, -0.2) is 4.79 Å². The number of amides is 1. The first-order valence-corrected chi connectivity index (χ1v) is 7.88. The SMILES string of the molecule is Cc1ccc([N+](=O)[O-])c(NC(C)(C)CCOC(=O)NC(C)(C)C)c1. The average Bonchev–Trinajstić information content (AvgIpc) is 2.34. The van der Waals surface area contributed by atoms with Crippen molar-refractivity contribution in [1.29, 1.82) is 0 Å². The monoisotopic (exact) mass is 337 g/mol. The number of nitro benzene ring substituents is 1. The zero-order chi connectivity index (χ0) is 18.5. The van der Waals surface area contributed by atoms with Gasteiger partial charge in [0.2, 0.25) is 0 Å². The molecule has 24 heavy (non-hydrogen) atoms. The van der Waals surface area contributed by atoms with Gasteiger partial charge in [0, 0.05) is 23.6 Å². The highest BCUT2D eigenvalue weighted by Gasteiger charge is 2.23. The van der Waals surface area contributed by atoms with Crippen molar-refractivity contribution in [1.82, 2.24) is 5.32 Å². The Morgan fingerprint density at radius 1 is 1.25 bits per heavy atom. The summed E-state index contributed by atoms with van der Waals surface area (Å²) in [5.74, 6) is 0. The van der Waals surface area contributed by atoms with Crippen molar-refractivity contribution < 1.29 is 14.5 Å². The van der Waals surface area contributed by atoms with Gasteiger partial charge in [0.25, 0.3) is 5.69 Å². The highest BCUT2D eigenvalue weighted by atomic mass is 16.6. The van der Waals surface area contributed by atoms with Crippen LogP contribution in [0, 0.1) is 17.0 Å². The first-order chi connectivity index (χ1) is 10.9. The highest BCUT2D eigenvalue weighted by Crippen LogP contribution is 2.29. The number of nitrogens with one attached hydrogen (secondary N) is 2. The van der Waals surface area contributed by atoms with Gasteiger partial charge in [-0.15, -0.1) is 0 Å². The molecule has 0 saturated carbocycles. The molecule has 0 bridgehead atoms. The lowest BCUT2D eigenvalue weighted by atomic mass is 10.00. The van der Waals surface area contributed by atoms with Gasteiger partial charge < -0.3 is 15.4 Å². The molecular formula is C17H27N3O4. The molecule has 0 atom stereocenters. The number of anilines is 1. The summed E-state index contributed by atoms with van der Waals surface area (Å²) in [6, 6.07) is 4.93. The number of ether oxygens (including phenoxy) is 1. The van der Waals surface area contributed by atoms with Crippen LogP contribution in [0.15, 0.2) is 18.2 Å². The fourth-order valence-corrected chi connectivity index (χ4v) is 2.08. The van der Waals surface area contributed by atoms with Crippen molar-refractivity contribution in [3.05, 3.63) is 33.9 Å². The van der Waals surface area contributed by atoms with E-state index in [0.717, 1.165) is 5.56 Å². The largest absolute Gasteiger partial charge is 0.449 e. The standard InChI is InChI=1S/C17H27N3O4/c1-12-7-8-14(20(22)23)13(11-12)18-17(5,6)9-10-24-15(21)19-16(2,3)4/h7-8,11,18H,9-10H2,1-6H3,(H,19,21). The molecule has 0 spiro atoms. The molecule has 0 heterocycles. The molecule has 2 N–H and O–H groups in total. The summed E-state index contributed by atoms with van der Waals surface area (Å²) < 4.78 is 5.17. The first-order valence-electron chi connectivity index (χ1n) is 7.88. The van der Waals surface area contributed by atoms with Gasteiger partial charge in [-0.1, -0.05) is 6.07 Å². The summed E-state index contributed by atoms with van der Waals surface area (Å²) in [7, 11) is 0. The Bertz CT molecular complexity index is 606. The molecule has 0 saturated heterocycles.